The summed E-state index contributed by atoms with van der Waals surface area (Å²) in [6, 6.07) is 5.16. The van der Waals surface area contributed by atoms with Crippen LogP contribution in [0.2, 0.25) is 0 Å². The number of aryl methyl sites for hydroxylation is 2. The van der Waals surface area contributed by atoms with Crippen molar-refractivity contribution in [3.8, 4) is 0 Å². The molecule has 1 N–H and O–H groups in total. The number of nitrogens with one attached hydrogen (secondary N) is 1. The monoisotopic (exact) mass is 251 g/mol. The SMILES string of the molecule is Cc1cc(C(=O)Nc2cccc(F)c2F)n(C)n1. The first kappa shape index (κ1) is 12.2. The molecule has 2 aromatic rings. The van der Waals surface area contributed by atoms with E-state index in [-0.39, 0.29) is 11.4 Å². The summed E-state index contributed by atoms with van der Waals surface area (Å²) in [5.41, 5.74) is 0.748. The van der Waals surface area contributed by atoms with E-state index in [1.54, 1.807) is 20.0 Å². The third-order valence-electron chi connectivity index (χ3n) is 2.43. The summed E-state index contributed by atoms with van der Waals surface area (Å²) < 4.78 is 27.7. The van der Waals surface area contributed by atoms with E-state index < -0.39 is 17.5 Å². The van der Waals surface area contributed by atoms with Crippen LogP contribution in [0.15, 0.2) is 24.3 Å². The number of halogens is 2. The second kappa shape index (κ2) is 4.56. The van der Waals surface area contributed by atoms with E-state index in [2.05, 4.69) is 10.4 Å². The van der Waals surface area contributed by atoms with Gasteiger partial charge >= 0.3 is 0 Å². The molecule has 6 heteroatoms. The van der Waals surface area contributed by atoms with Gasteiger partial charge in [-0.3, -0.25) is 9.48 Å². The lowest BCUT2D eigenvalue weighted by molar-refractivity contribution is 0.101. The highest BCUT2D eigenvalue weighted by Crippen LogP contribution is 2.17. The van der Waals surface area contributed by atoms with Crippen molar-refractivity contribution >= 4 is 11.6 Å². The minimum atomic E-state index is -1.08. The molecule has 0 aliphatic rings. The molecular formula is C12H11F2N3O. The molecule has 0 saturated heterocycles. The van der Waals surface area contributed by atoms with Gasteiger partial charge in [0.15, 0.2) is 11.6 Å². The maximum Gasteiger partial charge on any atom is 0.274 e. The van der Waals surface area contributed by atoms with Gasteiger partial charge in [0.25, 0.3) is 5.91 Å². The molecule has 0 unspecified atom stereocenters. The Morgan fingerprint density at radius 3 is 2.72 bits per heavy atom. The summed E-state index contributed by atoms with van der Waals surface area (Å²) in [5.74, 6) is -2.62. The summed E-state index contributed by atoms with van der Waals surface area (Å²) in [6.07, 6.45) is 0. The number of carbonyl (C=O) groups is 1. The lowest BCUT2D eigenvalue weighted by Crippen LogP contribution is -2.17. The average molecular weight is 251 g/mol. The van der Waals surface area contributed by atoms with Crippen molar-refractivity contribution in [1.82, 2.24) is 9.78 Å². The second-order valence-corrected chi connectivity index (χ2v) is 3.85. The predicted octanol–water partition coefficient (Wildman–Crippen LogP) is 2.26. The molecule has 94 valence electrons. The summed E-state index contributed by atoms with van der Waals surface area (Å²) in [7, 11) is 1.60. The Balaban J connectivity index is 2.27. The van der Waals surface area contributed by atoms with Gasteiger partial charge in [-0.05, 0) is 25.1 Å². The van der Waals surface area contributed by atoms with E-state index in [0.29, 0.717) is 5.69 Å². The number of amides is 1. The number of aromatic nitrogens is 2. The van der Waals surface area contributed by atoms with Gasteiger partial charge in [-0.2, -0.15) is 5.10 Å². The molecule has 0 atom stereocenters. The van der Waals surface area contributed by atoms with Crippen molar-refractivity contribution in [3.63, 3.8) is 0 Å². The molecule has 0 radical (unpaired) electrons. The first-order valence-electron chi connectivity index (χ1n) is 5.25. The molecule has 0 aliphatic carbocycles. The lowest BCUT2D eigenvalue weighted by atomic mass is 10.2. The van der Waals surface area contributed by atoms with Gasteiger partial charge in [0, 0.05) is 7.05 Å². The highest BCUT2D eigenvalue weighted by atomic mass is 19.2. The van der Waals surface area contributed by atoms with E-state index in [1.165, 1.54) is 16.8 Å². The van der Waals surface area contributed by atoms with Crippen molar-refractivity contribution < 1.29 is 13.6 Å². The molecule has 0 bridgehead atoms. The smallest absolute Gasteiger partial charge is 0.274 e. The van der Waals surface area contributed by atoms with Crippen LogP contribution < -0.4 is 5.32 Å². The minimum absolute atomic E-state index is 0.196. The number of nitrogens with zero attached hydrogens (tertiary/aromatic N) is 2. The van der Waals surface area contributed by atoms with Crippen LogP contribution in [0.1, 0.15) is 16.2 Å². The second-order valence-electron chi connectivity index (χ2n) is 3.85. The van der Waals surface area contributed by atoms with Crippen LogP contribution in [0, 0.1) is 18.6 Å². The highest BCUT2D eigenvalue weighted by molar-refractivity contribution is 6.03. The quantitative estimate of drug-likeness (QED) is 0.889. The maximum absolute atomic E-state index is 13.4. The number of hydrogen-bond acceptors (Lipinski definition) is 2. The molecule has 1 heterocycles. The first-order valence-corrected chi connectivity index (χ1v) is 5.25. The Morgan fingerprint density at radius 1 is 1.39 bits per heavy atom. The summed E-state index contributed by atoms with van der Waals surface area (Å²) in [4.78, 5) is 11.9. The van der Waals surface area contributed by atoms with Crippen LogP contribution in [-0.2, 0) is 7.05 Å². The fraction of sp³-hybridized carbons (Fsp3) is 0.167. The molecule has 0 spiro atoms. The van der Waals surface area contributed by atoms with Crippen LogP contribution in [0.25, 0.3) is 0 Å². The topological polar surface area (TPSA) is 46.9 Å². The van der Waals surface area contributed by atoms with Gasteiger partial charge in [-0.25, -0.2) is 8.78 Å². The van der Waals surface area contributed by atoms with E-state index in [1.807, 2.05) is 0 Å². The third kappa shape index (κ3) is 2.22. The molecule has 4 nitrogen and oxygen atoms in total. The summed E-state index contributed by atoms with van der Waals surface area (Å²) >= 11 is 0. The molecule has 1 aromatic heterocycles. The van der Waals surface area contributed by atoms with Crippen LogP contribution in [0.4, 0.5) is 14.5 Å². The third-order valence-corrected chi connectivity index (χ3v) is 2.43. The molecule has 2 rings (SSSR count). The van der Waals surface area contributed by atoms with Crippen molar-refractivity contribution in [2.24, 2.45) is 7.05 Å². The zero-order valence-corrected chi connectivity index (χ0v) is 9.87. The zero-order valence-electron chi connectivity index (χ0n) is 9.87. The van der Waals surface area contributed by atoms with E-state index >= 15 is 0 Å². The van der Waals surface area contributed by atoms with Gasteiger partial charge in [-0.15, -0.1) is 0 Å². The normalized spacial score (nSPS) is 10.4. The Labute approximate surface area is 102 Å². The summed E-state index contributed by atoms with van der Waals surface area (Å²) in [5, 5.41) is 6.31. The van der Waals surface area contributed by atoms with Crippen molar-refractivity contribution in [2.75, 3.05) is 5.32 Å². The molecule has 0 fully saturated rings. The number of hydrogen-bond donors (Lipinski definition) is 1. The van der Waals surface area contributed by atoms with Crippen molar-refractivity contribution in [3.05, 3.63) is 47.3 Å². The molecule has 1 aromatic carbocycles. The van der Waals surface area contributed by atoms with Gasteiger partial charge in [-0.1, -0.05) is 6.07 Å². The largest absolute Gasteiger partial charge is 0.318 e. The van der Waals surface area contributed by atoms with Crippen LogP contribution >= 0.6 is 0 Å². The highest BCUT2D eigenvalue weighted by Gasteiger charge is 2.15. The van der Waals surface area contributed by atoms with E-state index in [4.69, 9.17) is 0 Å². The van der Waals surface area contributed by atoms with E-state index in [0.717, 1.165) is 6.07 Å². The molecule has 0 aliphatic heterocycles. The van der Waals surface area contributed by atoms with Crippen molar-refractivity contribution in [1.29, 1.82) is 0 Å². The first-order chi connectivity index (χ1) is 8.49. The molecule has 1 amide bonds. The number of benzene rings is 1. The number of anilines is 1. The van der Waals surface area contributed by atoms with E-state index in [9.17, 15) is 13.6 Å². The fourth-order valence-electron chi connectivity index (χ4n) is 1.61. The molecule has 18 heavy (non-hydrogen) atoms. The molecule has 0 saturated carbocycles. The van der Waals surface area contributed by atoms with Crippen LogP contribution in [-0.4, -0.2) is 15.7 Å². The fourth-order valence-corrected chi connectivity index (χ4v) is 1.61. The summed E-state index contributed by atoms with van der Waals surface area (Å²) in [6.45, 7) is 1.74. The zero-order chi connectivity index (χ0) is 13.3. The van der Waals surface area contributed by atoms with Gasteiger partial charge < -0.3 is 5.32 Å². The van der Waals surface area contributed by atoms with Crippen molar-refractivity contribution in [2.45, 2.75) is 6.92 Å². The maximum atomic E-state index is 13.4. The van der Waals surface area contributed by atoms with Crippen LogP contribution in [0.3, 0.4) is 0 Å². The van der Waals surface area contributed by atoms with Crippen LogP contribution in [0.5, 0.6) is 0 Å². The standard InChI is InChI=1S/C12H11F2N3O/c1-7-6-10(17(2)16-7)12(18)15-9-5-3-4-8(13)11(9)14/h3-6H,1-2H3,(H,15,18). The minimum Gasteiger partial charge on any atom is -0.318 e. The Morgan fingerprint density at radius 2 is 2.11 bits per heavy atom. The van der Waals surface area contributed by atoms with Gasteiger partial charge in [0.1, 0.15) is 5.69 Å². The Hall–Kier alpha value is -2.24. The number of rotatable bonds is 2. The lowest BCUT2D eigenvalue weighted by Gasteiger charge is -2.06. The Bertz CT molecular complexity index is 607. The average Bonchev–Trinajstić information content (AvgIpc) is 2.64. The molecular weight excluding hydrogens is 240 g/mol. The number of carbonyl (C=O) groups excluding carboxylic acids is 1. The van der Waals surface area contributed by atoms with Gasteiger partial charge in [0.05, 0.1) is 11.4 Å². The Kier molecular flexibility index (Phi) is 3.10. The van der Waals surface area contributed by atoms with Gasteiger partial charge in [0.2, 0.25) is 0 Å². The predicted molar refractivity (Wildman–Crippen MR) is 62.3 cm³/mol.